The summed E-state index contributed by atoms with van der Waals surface area (Å²) in [6, 6.07) is 5.73. The normalized spacial score (nSPS) is 15.1. The van der Waals surface area contributed by atoms with E-state index in [9.17, 15) is 4.57 Å². The van der Waals surface area contributed by atoms with E-state index in [0.29, 0.717) is 5.75 Å². The molecule has 0 unspecified atom stereocenters. The van der Waals surface area contributed by atoms with Gasteiger partial charge in [0, 0.05) is 6.66 Å². The Hall–Kier alpha value is -0.790. The largest absolute Gasteiger partial charge is 0.432 e. The van der Waals surface area contributed by atoms with Crippen LogP contribution >= 0.6 is 7.52 Å². The molecule has 1 atom stereocenters. The molecule has 13 heavy (non-hydrogen) atoms. The van der Waals surface area contributed by atoms with Gasteiger partial charge < -0.3 is 4.52 Å². The maximum absolute atomic E-state index is 11.2. The van der Waals surface area contributed by atoms with Crippen molar-refractivity contribution in [1.82, 2.24) is 0 Å². The highest BCUT2D eigenvalue weighted by atomic mass is 31.2. The summed E-state index contributed by atoms with van der Waals surface area (Å²) in [5.41, 5.74) is 7.24. The van der Waals surface area contributed by atoms with Gasteiger partial charge in [-0.15, -0.1) is 0 Å². The van der Waals surface area contributed by atoms with Crippen LogP contribution in [0, 0.1) is 13.8 Å². The van der Waals surface area contributed by atoms with Crippen LogP contribution in [-0.4, -0.2) is 6.66 Å². The molecule has 0 fully saturated rings. The molecular weight excluding hydrogens is 185 g/mol. The third-order valence-corrected chi connectivity index (χ3v) is 2.23. The second-order valence-electron chi connectivity index (χ2n) is 3.22. The van der Waals surface area contributed by atoms with Crippen LogP contribution in [0.2, 0.25) is 0 Å². The predicted molar refractivity (Wildman–Crippen MR) is 54.3 cm³/mol. The van der Waals surface area contributed by atoms with Crippen molar-refractivity contribution in [2.45, 2.75) is 13.8 Å². The quantitative estimate of drug-likeness (QED) is 0.744. The molecule has 0 radical (unpaired) electrons. The smallest absolute Gasteiger partial charge is 0.311 e. The zero-order chi connectivity index (χ0) is 10.1. The number of hydrogen-bond acceptors (Lipinski definition) is 2. The number of para-hydroxylation sites is 1. The highest BCUT2D eigenvalue weighted by Gasteiger charge is 2.12. The number of rotatable bonds is 2. The SMILES string of the molecule is Cc1cccc(C)c1O[P@@](C)(N)=O. The van der Waals surface area contributed by atoms with E-state index in [-0.39, 0.29) is 0 Å². The van der Waals surface area contributed by atoms with E-state index in [4.69, 9.17) is 10.0 Å². The number of nitrogens with two attached hydrogens (primary N) is 1. The lowest BCUT2D eigenvalue weighted by molar-refractivity contribution is 0.485. The molecule has 0 saturated carbocycles. The zero-order valence-electron chi connectivity index (χ0n) is 8.07. The molecule has 2 N–H and O–H groups in total. The Morgan fingerprint density at radius 2 is 1.77 bits per heavy atom. The molecule has 3 nitrogen and oxygen atoms in total. The van der Waals surface area contributed by atoms with E-state index < -0.39 is 7.52 Å². The molecule has 1 rings (SSSR count). The Bertz CT molecular complexity index is 336. The van der Waals surface area contributed by atoms with Gasteiger partial charge in [0.2, 0.25) is 0 Å². The Morgan fingerprint density at radius 3 is 2.15 bits per heavy atom. The minimum atomic E-state index is -2.94. The summed E-state index contributed by atoms with van der Waals surface area (Å²) in [7, 11) is -2.94. The van der Waals surface area contributed by atoms with Crippen molar-refractivity contribution in [3.63, 3.8) is 0 Å². The van der Waals surface area contributed by atoms with Crippen molar-refractivity contribution in [3.05, 3.63) is 29.3 Å². The van der Waals surface area contributed by atoms with Crippen LogP contribution in [0.3, 0.4) is 0 Å². The summed E-state index contributed by atoms with van der Waals surface area (Å²) in [6.07, 6.45) is 0. The second-order valence-corrected chi connectivity index (χ2v) is 5.22. The van der Waals surface area contributed by atoms with E-state index in [1.165, 1.54) is 6.66 Å². The lowest BCUT2D eigenvalue weighted by Gasteiger charge is -2.14. The van der Waals surface area contributed by atoms with Crippen LogP contribution in [0.1, 0.15) is 11.1 Å². The Morgan fingerprint density at radius 1 is 1.31 bits per heavy atom. The molecule has 1 aromatic rings. The first-order valence-electron chi connectivity index (χ1n) is 4.02. The van der Waals surface area contributed by atoms with Gasteiger partial charge >= 0.3 is 7.52 Å². The van der Waals surface area contributed by atoms with Gasteiger partial charge in [-0.1, -0.05) is 18.2 Å². The van der Waals surface area contributed by atoms with E-state index in [2.05, 4.69) is 0 Å². The minimum absolute atomic E-state index is 0.635. The van der Waals surface area contributed by atoms with Gasteiger partial charge in [-0.25, -0.2) is 5.50 Å². The molecule has 0 amide bonds. The van der Waals surface area contributed by atoms with Gasteiger partial charge in [0.15, 0.2) is 0 Å². The van der Waals surface area contributed by atoms with Crippen LogP contribution in [0.25, 0.3) is 0 Å². The summed E-state index contributed by atoms with van der Waals surface area (Å²) in [5, 5.41) is 0. The Labute approximate surface area is 78.4 Å². The minimum Gasteiger partial charge on any atom is -0.432 e. The molecule has 1 aromatic carbocycles. The average Bonchev–Trinajstić information content (AvgIpc) is 1.95. The molecular formula is C9H14NO2P. The lowest BCUT2D eigenvalue weighted by Crippen LogP contribution is -2.02. The summed E-state index contributed by atoms with van der Waals surface area (Å²) < 4.78 is 16.4. The van der Waals surface area contributed by atoms with Crippen LogP contribution in [0.15, 0.2) is 18.2 Å². The molecule has 0 heterocycles. The van der Waals surface area contributed by atoms with Crippen molar-refractivity contribution >= 4 is 7.52 Å². The van der Waals surface area contributed by atoms with Gasteiger partial charge in [0.25, 0.3) is 0 Å². The van der Waals surface area contributed by atoms with Crippen LogP contribution < -0.4 is 10.0 Å². The van der Waals surface area contributed by atoms with Crippen LogP contribution in [-0.2, 0) is 4.57 Å². The maximum atomic E-state index is 11.2. The van der Waals surface area contributed by atoms with Crippen molar-refractivity contribution in [2.75, 3.05) is 6.66 Å². The van der Waals surface area contributed by atoms with Gasteiger partial charge in [-0.05, 0) is 25.0 Å². The molecule has 0 saturated heterocycles. The highest BCUT2D eigenvalue weighted by molar-refractivity contribution is 7.56. The van der Waals surface area contributed by atoms with Gasteiger partial charge in [-0.2, -0.15) is 0 Å². The molecule has 72 valence electrons. The molecule has 0 aliphatic carbocycles. The Kier molecular flexibility index (Phi) is 2.79. The third kappa shape index (κ3) is 2.87. The van der Waals surface area contributed by atoms with Gasteiger partial charge in [0.05, 0.1) is 0 Å². The zero-order valence-corrected chi connectivity index (χ0v) is 8.97. The number of benzene rings is 1. The fourth-order valence-corrected chi connectivity index (χ4v) is 1.77. The van der Waals surface area contributed by atoms with Gasteiger partial charge in [-0.3, -0.25) is 4.57 Å². The van der Waals surface area contributed by atoms with Crippen LogP contribution in [0.5, 0.6) is 5.75 Å². The van der Waals surface area contributed by atoms with Crippen molar-refractivity contribution in [2.24, 2.45) is 5.50 Å². The molecule has 0 aliphatic heterocycles. The number of aryl methyl sites for hydroxylation is 2. The third-order valence-electron chi connectivity index (χ3n) is 1.68. The van der Waals surface area contributed by atoms with E-state index in [1.54, 1.807) is 0 Å². The summed E-state index contributed by atoms with van der Waals surface area (Å²) in [6.45, 7) is 5.20. The summed E-state index contributed by atoms with van der Waals surface area (Å²) in [4.78, 5) is 0. The molecule has 0 aromatic heterocycles. The van der Waals surface area contributed by atoms with E-state index in [0.717, 1.165) is 11.1 Å². The highest BCUT2D eigenvalue weighted by Crippen LogP contribution is 2.37. The number of hydrogen-bond donors (Lipinski definition) is 1. The van der Waals surface area contributed by atoms with Crippen molar-refractivity contribution in [3.8, 4) is 5.75 Å². The standard InChI is InChI=1S/C9H14NO2P/c1-7-5-4-6-8(2)9(7)12-13(3,10)11/h4-6H,1-3H3,(H2,10,11)/t13-/m0/s1. The first kappa shape index (κ1) is 10.3. The fourth-order valence-electron chi connectivity index (χ4n) is 1.12. The fraction of sp³-hybridized carbons (Fsp3) is 0.333. The maximum Gasteiger partial charge on any atom is 0.311 e. The molecule has 4 heteroatoms. The van der Waals surface area contributed by atoms with Crippen molar-refractivity contribution in [1.29, 1.82) is 0 Å². The molecule has 0 bridgehead atoms. The topological polar surface area (TPSA) is 52.3 Å². The van der Waals surface area contributed by atoms with Gasteiger partial charge in [0.1, 0.15) is 5.75 Å². The first-order valence-corrected chi connectivity index (χ1v) is 6.16. The monoisotopic (exact) mass is 199 g/mol. The predicted octanol–water partition coefficient (Wildman–Crippen LogP) is 2.46. The van der Waals surface area contributed by atoms with Crippen molar-refractivity contribution < 1.29 is 9.09 Å². The molecule has 0 spiro atoms. The van der Waals surface area contributed by atoms with E-state index >= 15 is 0 Å². The Balaban J connectivity index is 3.07. The lowest BCUT2D eigenvalue weighted by atomic mass is 10.1. The second kappa shape index (κ2) is 3.52. The average molecular weight is 199 g/mol. The summed E-state index contributed by atoms with van der Waals surface area (Å²) >= 11 is 0. The van der Waals surface area contributed by atoms with Crippen LogP contribution in [0.4, 0.5) is 0 Å². The van der Waals surface area contributed by atoms with E-state index in [1.807, 2.05) is 32.0 Å². The summed E-state index contributed by atoms with van der Waals surface area (Å²) in [5.74, 6) is 0.635. The molecule has 0 aliphatic rings. The first-order chi connectivity index (χ1) is 5.90.